The largest absolute Gasteiger partial charge is 0.372 e. The summed E-state index contributed by atoms with van der Waals surface area (Å²) in [7, 11) is 0. The van der Waals surface area contributed by atoms with Crippen LogP contribution in [0.3, 0.4) is 0 Å². The second-order valence-electron chi connectivity index (χ2n) is 6.56. The van der Waals surface area contributed by atoms with Crippen LogP contribution in [0, 0.1) is 17.8 Å². The van der Waals surface area contributed by atoms with Gasteiger partial charge in [-0.3, -0.25) is 0 Å². The molecule has 1 unspecified atom stereocenters. The van der Waals surface area contributed by atoms with Crippen LogP contribution in [0.1, 0.15) is 67.2 Å². The fraction of sp³-hybridized carbons (Fsp3) is 0.882. The third-order valence-electron chi connectivity index (χ3n) is 4.99. The van der Waals surface area contributed by atoms with Gasteiger partial charge < -0.3 is 4.74 Å². The first-order valence-corrected chi connectivity index (χ1v) is 7.76. The van der Waals surface area contributed by atoms with E-state index in [1.54, 1.807) is 0 Å². The molecule has 1 nitrogen and oxygen atoms in total. The summed E-state index contributed by atoms with van der Waals surface area (Å²) in [5.74, 6) is 2.20. The minimum Gasteiger partial charge on any atom is -0.372 e. The Morgan fingerprint density at radius 1 is 1.22 bits per heavy atom. The molecule has 0 heterocycles. The van der Waals surface area contributed by atoms with Crippen LogP contribution >= 0.6 is 0 Å². The van der Waals surface area contributed by atoms with Crippen LogP contribution in [-0.2, 0) is 4.74 Å². The highest BCUT2D eigenvalue weighted by Gasteiger charge is 2.29. The molecule has 0 fully saturated rings. The summed E-state index contributed by atoms with van der Waals surface area (Å²) in [6, 6.07) is 0. The van der Waals surface area contributed by atoms with Crippen molar-refractivity contribution in [1.29, 1.82) is 0 Å². The lowest BCUT2D eigenvalue weighted by Gasteiger charge is -2.37. The van der Waals surface area contributed by atoms with Crippen LogP contribution in [0.15, 0.2) is 12.2 Å². The minimum absolute atomic E-state index is 0.0709. The van der Waals surface area contributed by atoms with Crippen molar-refractivity contribution in [2.24, 2.45) is 17.8 Å². The molecule has 0 aromatic carbocycles. The molecule has 0 radical (unpaired) electrons. The summed E-state index contributed by atoms with van der Waals surface area (Å²) >= 11 is 0. The molecule has 3 atom stereocenters. The van der Waals surface area contributed by atoms with Crippen LogP contribution < -0.4 is 0 Å². The quantitative estimate of drug-likeness (QED) is 0.590. The Bertz CT molecular complexity index is 263. The molecule has 18 heavy (non-hydrogen) atoms. The van der Waals surface area contributed by atoms with Gasteiger partial charge in [0.25, 0.3) is 0 Å². The van der Waals surface area contributed by atoms with E-state index in [1.165, 1.54) is 6.42 Å². The van der Waals surface area contributed by atoms with Crippen molar-refractivity contribution in [3.63, 3.8) is 0 Å². The summed E-state index contributed by atoms with van der Waals surface area (Å²) in [5.41, 5.74) is 0.0709. The molecule has 0 saturated heterocycles. The number of hydrogen-bond donors (Lipinski definition) is 0. The lowest BCUT2D eigenvalue weighted by molar-refractivity contribution is -0.0960. The monoisotopic (exact) mass is 252 g/mol. The maximum absolute atomic E-state index is 6.39. The number of ether oxygens (including phenoxy) is 1. The summed E-state index contributed by atoms with van der Waals surface area (Å²) < 4.78 is 6.39. The first-order valence-electron chi connectivity index (χ1n) is 7.76. The van der Waals surface area contributed by atoms with Crippen molar-refractivity contribution in [3.05, 3.63) is 12.2 Å². The summed E-state index contributed by atoms with van der Waals surface area (Å²) in [5, 5.41) is 0. The molecular weight excluding hydrogens is 220 g/mol. The predicted octanol–water partition coefficient (Wildman–Crippen LogP) is 5.21. The second kappa shape index (κ2) is 6.75. The maximum atomic E-state index is 6.39. The molecule has 1 rings (SSSR count). The van der Waals surface area contributed by atoms with Gasteiger partial charge in [-0.2, -0.15) is 0 Å². The Hall–Kier alpha value is -0.300. The van der Waals surface area contributed by atoms with E-state index in [2.05, 4.69) is 53.7 Å². The molecule has 1 heteroatoms. The van der Waals surface area contributed by atoms with Crippen molar-refractivity contribution in [2.45, 2.75) is 78.9 Å². The van der Waals surface area contributed by atoms with Crippen LogP contribution in [0.4, 0.5) is 0 Å². The number of hydrogen-bond acceptors (Lipinski definition) is 1. The summed E-state index contributed by atoms with van der Waals surface area (Å²) in [6.07, 6.45) is 9.68. The summed E-state index contributed by atoms with van der Waals surface area (Å²) in [6.45, 7) is 13.7. The van der Waals surface area contributed by atoms with Gasteiger partial charge in [0.1, 0.15) is 0 Å². The molecule has 1 aliphatic carbocycles. The van der Waals surface area contributed by atoms with Crippen molar-refractivity contribution in [2.75, 3.05) is 0 Å². The van der Waals surface area contributed by atoms with E-state index in [4.69, 9.17) is 4.74 Å². The van der Waals surface area contributed by atoms with E-state index in [0.717, 1.165) is 31.1 Å². The molecule has 0 N–H and O–H groups in total. The maximum Gasteiger partial charge on any atom is 0.0653 e. The Kier molecular flexibility index (Phi) is 5.91. The van der Waals surface area contributed by atoms with Crippen LogP contribution in [-0.4, -0.2) is 11.7 Å². The highest BCUT2D eigenvalue weighted by molar-refractivity contribution is 4.99. The summed E-state index contributed by atoms with van der Waals surface area (Å²) in [4.78, 5) is 0. The molecule has 0 aromatic rings. The fourth-order valence-electron chi connectivity index (χ4n) is 2.68. The Morgan fingerprint density at radius 3 is 2.33 bits per heavy atom. The highest BCUT2D eigenvalue weighted by atomic mass is 16.5. The van der Waals surface area contributed by atoms with Gasteiger partial charge in [0, 0.05) is 0 Å². The Morgan fingerprint density at radius 2 is 1.83 bits per heavy atom. The Labute approximate surface area is 114 Å². The van der Waals surface area contributed by atoms with E-state index in [9.17, 15) is 0 Å². The third-order valence-corrected chi connectivity index (χ3v) is 4.99. The van der Waals surface area contributed by atoms with Crippen LogP contribution in [0.2, 0.25) is 0 Å². The molecule has 0 amide bonds. The fourth-order valence-corrected chi connectivity index (χ4v) is 2.68. The zero-order valence-corrected chi connectivity index (χ0v) is 13.2. The molecule has 0 aliphatic heterocycles. The molecule has 1 aliphatic rings. The van der Waals surface area contributed by atoms with Gasteiger partial charge in [0.15, 0.2) is 0 Å². The van der Waals surface area contributed by atoms with Crippen molar-refractivity contribution in [1.82, 2.24) is 0 Å². The highest BCUT2D eigenvalue weighted by Crippen LogP contribution is 2.33. The van der Waals surface area contributed by atoms with Gasteiger partial charge in [-0.05, 0) is 50.4 Å². The molecule has 0 spiro atoms. The zero-order valence-electron chi connectivity index (χ0n) is 13.2. The lowest BCUT2D eigenvalue weighted by Crippen LogP contribution is -2.35. The van der Waals surface area contributed by atoms with Gasteiger partial charge in [-0.25, -0.2) is 0 Å². The molecule has 0 aromatic heterocycles. The van der Waals surface area contributed by atoms with Crippen molar-refractivity contribution < 1.29 is 4.74 Å². The van der Waals surface area contributed by atoms with Gasteiger partial charge >= 0.3 is 0 Å². The topological polar surface area (TPSA) is 9.23 Å². The van der Waals surface area contributed by atoms with Crippen LogP contribution in [0.5, 0.6) is 0 Å². The third kappa shape index (κ3) is 4.12. The molecular formula is C17H32O. The normalized spacial score (nSPS) is 26.6. The average Bonchev–Trinajstić information content (AvgIpc) is 2.37. The van der Waals surface area contributed by atoms with E-state index in [-0.39, 0.29) is 5.60 Å². The standard InChI is InChI=1S/C17H32O/c1-7-17(6,8-2)18-16-11-9-10-15(12-16)14(5)13(3)4/h9-10,13-16H,7-8,11-12H2,1-6H3/t14?,15-,16+/m0/s1. The average molecular weight is 252 g/mol. The van der Waals surface area contributed by atoms with Gasteiger partial charge in [-0.15, -0.1) is 0 Å². The van der Waals surface area contributed by atoms with Crippen molar-refractivity contribution >= 4 is 0 Å². The van der Waals surface area contributed by atoms with Gasteiger partial charge in [-0.1, -0.05) is 46.8 Å². The first kappa shape index (κ1) is 15.8. The smallest absolute Gasteiger partial charge is 0.0653 e. The number of allylic oxidation sites excluding steroid dienone is 1. The molecule has 0 saturated carbocycles. The Balaban J connectivity index is 2.59. The van der Waals surface area contributed by atoms with Gasteiger partial charge in [0.05, 0.1) is 11.7 Å². The predicted molar refractivity (Wildman–Crippen MR) is 79.7 cm³/mol. The van der Waals surface area contributed by atoms with Crippen molar-refractivity contribution in [3.8, 4) is 0 Å². The minimum atomic E-state index is 0.0709. The lowest BCUT2D eigenvalue weighted by atomic mass is 9.78. The molecule has 0 bridgehead atoms. The van der Waals surface area contributed by atoms with Gasteiger partial charge in [0.2, 0.25) is 0 Å². The van der Waals surface area contributed by atoms with E-state index in [1.807, 2.05) is 0 Å². The first-order chi connectivity index (χ1) is 8.41. The van der Waals surface area contributed by atoms with Crippen LogP contribution in [0.25, 0.3) is 0 Å². The van der Waals surface area contributed by atoms with E-state index < -0.39 is 0 Å². The number of rotatable bonds is 6. The second-order valence-corrected chi connectivity index (χ2v) is 6.56. The SMILES string of the molecule is CCC(C)(CC)O[C@@H]1CC=C[C@H](C(C)C(C)C)C1. The van der Waals surface area contributed by atoms with E-state index >= 15 is 0 Å². The van der Waals surface area contributed by atoms with E-state index in [0.29, 0.717) is 12.0 Å². The molecule has 106 valence electrons. The zero-order chi connectivity index (χ0) is 13.8.